The van der Waals surface area contributed by atoms with E-state index in [4.69, 9.17) is 34.8 Å². The van der Waals surface area contributed by atoms with Gasteiger partial charge < -0.3 is 10.2 Å². The lowest BCUT2D eigenvalue weighted by Crippen LogP contribution is -2.53. The molecule has 4 rings (SSSR count). The molecule has 11 heteroatoms. The number of sulfonamides is 1. The molecule has 0 spiro atoms. The first kappa shape index (κ1) is 33.1. The summed E-state index contributed by atoms with van der Waals surface area (Å²) in [6.45, 7) is 4.73. The smallest absolute Gasteiger partial charge is 0.264 e. The number of benzene rings is 3. The van der Waals surface area contributed by atoms with Crippen LogP contribution in [0, 0.1) is 13.8 Å². The van der Waals surface area contributed by atoms with E-state index in [0.29, 0.717) is 31.9 Å². The van der Waals surface area contributed by atoms with Crippen molar-refractivity contribution in [3.8, 4) is 0 Å². The Labute approximate surface area is 269 Å². The van der Waals surface area contributed by atoms with Gasteiger partial charge in [-0.15, -0.1) is 0 Å². The minimum atomic E-state index is -4.19. The van der Waals surface area contributed by atoms with E-state index in [-0.39, 0.29) is 23.4 Å². The fourth-order valence-electron chi connectivity index (χ4n) is 5.24. The minimum Gasteiger partial charge on any atom is -0.352 e. The molecule has 7 nitrogen and oxygen atoms in total. The van der Waals surface area contributed by atoms with Gasteiger partial charge >= 0.3 is 0 Å². The number of hydrogen-bond donors (Lipinski definition) is 1. The Balaban J connectivity index is 1.71. The largest absolute Gasteiger partial charge is 0.352 e. The van der Waals surface area contributed by atoms with Gasteiger partial charge in [0.15, 0.2) is 0 Å². The number of nitrogens with one attached hydrogen (secondary N) is 1. The molecule has 0 saturated heterocycles. The topological polar surface area (TPSA) is 86.8 Å². The molecule has 0 heterocycles. The van der Waals surface area contributed by atoms with E-state index in [2.05, 4.69) is 5.32 Å². The maximum Gasteiger partial charge on any atom is 0.264 e. The average Bonchev–Trinajstić information content (AvgIpc) is 2.97. The molecule has 3 aromatic rings. The number of hydrogen-bond acceptors (Lipinski definition) is 4. The second-order valence-corrected chi connectivity index (χ2v) is 14.2. The van der Waals surface area contributed by atoms with E-state index < -0.39 is 28.5 Å². The Kier molecular flexibility index (Phi) is 11.0. The van der Waals surface area contributed by atoms with E-state index in [1.165, 1.54) is 17.0 Å². The Morgan fingerprint density at radius 2 is 1.58 bits per heavy atom. The van der Waals surface area contributed by atoms with Crippen LogP contribution < -0.4 is 9.62 Å². The van der Waals surface area contributed by atoms with Crippen LogP contribution >= 0.6 is 34.8 Å². The molecular weight excluding hydrogens is 629 g/mol. The molecule has 1 N–H and O–H groups in total. The van der Waals surface area contributed by atoms with Gasteiger partial charge in [-0.3, -0.25) is 13.9 Å². The van der Waals surface area contributed by atoms with E-state index >= 15 is 0 Å². The molecule has 0 aliphatic heterocycles. The SMILES string of the molecule is Cc1ccc(S(=O)(=O)N(CC(=O)N(Cc2ccc(Cl)c(Cl)c2)C(C)C(=O)NC2CCCCC2)c2ccc(Cl)cc2C)cc1. The highest BCUT2D eigenvalue weighted by atomic mass is 35.5. The zero-order chi connectivity index (χ0) is 31.3. The second-order valence-electron chi connectivity index (χ2n) is 11.0. The molecular formula is C32H36Cl3N3O4S. The first-order valence-electron chi connectivity index (χ1n) is 14.3. The van der Waals surface area contributed by atoms with Crippen molar-refractivity contribution in [1.29, 1.82) is 0 Å². The number of nitrogens with zero attached hydrogens (tertiary/aromatic N) is 2. The molecule has 1 atom stereocenters. The Morgan fingerprint density at radius 1 is 0.907 bits per heavy atom. The highest BCUT2D eigenvalue weighted by Crippen LogP contribution is 2.30. The normalized spacial score (nSPS) is 14.7. The van der Waals surface area contributed by atoms with Crippen molar-refractivity contribution in [3.63, 3.8) is 0 Å². The molecule has 1 aliphatic carbocycles. The van der Waals surface area contributed by atoms with Crippen molar-refractivity contribution < 1.29 is 18.0 Å². The number of aryl methyl sites for hydroxylation is 2. The summed E-state index contributed by atoms with van der Waals surface area (Å²) < 4.78 is 29.2. The van der Waals surface area contributed by atoms with Crippen LogP contribution in [0.2, 0.25) is 15.1 Å². The molecule has 1 unspecified atom stereocenters. The zero-order valence-electron chi connectivity index (χ0n) is 24.4. The number of carbonyl (C=O) groups is 2. The third kappa shape index (κ3) is 8.24. The molecule has 3 aromatic carbocycles. The van der Waals surface area contributed by atoms with Gasteiger partial charge in [-0.1, -0.05) is 77.8 Å². The first-order valence-corrected chi connectivity index (χ1v) is 16.8. The quantitative estimate of drug-likeness (QED) is 0.246. The Hall–Kier alpha value is -2.78. The monoisotopic (exact) mass is 663 g/mol. The second kappa shape index (κ2) is 14.3. The van der Waals surface area contributed by atoms with Gasteiger partial charge in [-0.2, -0.15) is 0 Å². The van der Waals surface area contributed by atoms with E-state index in [1.54, 1.807) is 62.4 Å². The lowest BCUT2D eigenvalue weighted by atomic mass is 9.95. The van der Waals surface area contributed by atoms with Crippen LogP contribution in [0.3, 0.4) is 0 Å². The van der Waals surface area contributed by atoms with Crippen molar-refractivity contribution in [1.82, 2.24) is 10.2 Å². The molecule has 0 radical (unpaired) electrons. The fourth-order valence-corrected chi connectivity index (χ4v) is 7.26. The summed E-state index contributed by atoms with van der Waals surface area (Å²) in [6.07, 6.45) is 4.99. The summed E-state index contributed by atoms with van der Waals surface area (Å²) in [5.41, 5.74) is 2.44. The van der Waals surface area contributed by atoms with Crippen LogP contribution in [0.1, 0.15) is 55.7 Å². The summed E-state index contributed by atoms with van der Waals surface area (Å²) in [5, 5.41) is 4.21. The van der Waals surface area contributed by atoms with Crippen molar-refractivity contribution in [2.45, 2.75) is 76.4 Å². The molecule has 230 valence electrons. The summed E-state index contributed by atoms with van der Waals surface area (Å²) in [7, 11) is -4.19. The van der Waals surface area contributed by atoms with Crippen LogP contribution in [0.15, 0.2) is 65.6 Å². The third-order valence-electron chi connectivity index (χ3n) is 7.77. The third-order valence-corrected chi connectivity index (χ3v) is 10.5. The lowest BCUT2D eigenvalue weighted by Gasteiger charge is -2.33. The molecule has 1 saturated carbocycles. The average molecular weight is 665 g/mol. The molecule has 0 bridgehead atoms. The highest BCUT2D eigenvalue weighted by molar-refractivity contribution is 7.92. The first-order chi connectivity index (χ1) is 20.4. The van der Waals surface area contributed by atoms with Crippen molar-refractivity contribution in [2.24, 2.45) is 0 Å². The summed E-state index contributed by atoms with van der Waals surface area (Å²) in [5.74, 6) is -0.849. The van der Waals surface area contributed by atoms with Crippen molar-refractivity contribution >= 4 is 62.3 Å². The minimum absolute atomic E-state index is 0.0208. The zero-order valence-corrected chi connectivity index (χ0v) is 27.5. The number of carbonyl (C=O) groups excluding carboxylic acids is 2. The molecule has 1 aliphatic rings. The summed E-state index contributed by atoms with van der Waals surface area (Å²) in [6, 6.07) is 15.4. The molecule has 43 heavy (non-hydrogen) atoms. The lowest BCUT2D eigenvalue weighted by molar-refractivity contribution is -0.139. The maximum absolute atomic E-state index is 14.2. The van der Waals surface area contributed by atoms with Crippen LogP contribution in [-0.4, -0.2) is 43.8 Å². The van der Waals surface area contributed by atoms with Gasteiger partial charge in [0, 0.05) is 17.6 Å². The number of halogens is 3. The van der Waals surface area contributed by atoms with Gasteiger partial charge in [-0.25, -0.2) is 8.42 Å². The summed E-state index contributed by atoms with van der Waals surface area (Å²) >= 11 is 18.6. The van der Waals surface area contributed by atoms with Crippen molar-refractivity contribution in [2.75, 3.05) is 10.8 Å². The van der Waals surface area contributed by atoms with Gasteiger partial charge in [0.05, 0.1) is 20.6 Å². The van der Waals surface area contributed by atoms with E-state index in [0.717, 1.165) is 42.0 Å². The predicted octanol–water partition coefficient (Wildman–Crippen LogP) is 7.33. The van der Waals surface area contributed by atoms with Gasteiger partial charge in [0.1, 0.15) is 12.6 Å². The Bertz CT molecular complexity index is 1580. The van der Waals surface area contributed by atoms with Crippen molar-refractivity contribution in [3.05, 3.63) is 92.4 Å². The van der Waals surface area contributed by atoms with E-state index in [1.807, 2.05) is 6.92 Å². The van der Waals surface area contributed by atoms with Gasteiger partial charge in [-0.05, 0) is 87.2 Å². The van der Waals surface area contributed by atoms with Crippen LogP contribution in [0.5, 0.6) is 0 Å². The highest BCUT2D eigenvalue weighted by Gasteiger charge is 2.34. The number of rotatable bonds is 10. The predicted molar refractivity (Wildman–Crippen MR) is 173 cm³/mol. The standard InChI is InChI=1S/C32H36Cl3N3O4S/c1-21-9-13-27(14-10-21)43(41,42)38(30-16-12-25(33)17-22(30)2)20-31(39)37(19-24-11-15-28(34)29(35)18-24)23(3)32(40)36-26-7-5-4-6-8-26/h9-18,23,26H,4-8,19-20H2,1-3H3,(H,36,40). The van der Waals surface area contributed by atoms with Crippen LogP contribution in [0.25, 0.3) is 0 Å². The van der Waals surface area contributed by atoms with Gasteiger partial charge in [0.25, 0.3) is 10.0 Å². The van der Waals surface area contributed by atoms with Crippen LogP contribution in [0.4, 0.5) is 5.69 Å². The molecule has 1 fully saturated rings. The number of amides is 2. The number of anilines is 1. The van der Waals surface area contributed by atoms with E-state index in [9.17, 15) is 18.0 Å². The summed E-state index contributed by atoms with van der Waals surface area (Å²) in [4.78, 5) is 29.1. The van der Waals surface area contributed by atoms with Gasteiger partial charge in [0.2, 0.25) is 11.8 Å². The maximum atomic E-state index is 14.2. The van der Waals surface area contributed by atoms with Crippen LogP contribution in [-0.2, 0) is 26.2 Å². The Morgan fingerprint density at radius 3 is 2.21 bits per heavy atom. The molecule has 2 amide bonds. The molecule has 0 aromatic heterocycles. The fraction of sp³-hybridized carbons (Fsp3) is 0.375.